The Kier molecular flexibility index (Phi) is 8.76. The van der Waals surface area contributed by atoms with Gasteiger partial charge in [-0.3, -0.25) is 4.84 Å². The highest BCUT2D eigenvalue weighted by atomic mass is 16.7. The van der Waals surface area contributed by atoms with Crippen molar-refractivity contribution in [3.05, 3.63) is 12.7 Å². The average Bonchev–Trinajstić information content (AvgIpc) is 2.44. The molecule has 0 saturated carbocycles. The van der Waals surface area contributed by atoms with E-state index in [9.17, 15) is 0 Å². The Labute approximate surface area is 143 Å². The first-order valence-corrected chi connectivity index (χ1v) is 9.31. The minimum absolute atomic E-state index is 0.0313. The fourth-order valence-corrected chi connectivity index (χ4v) is 3.99. The molecule has 0 aromatic carbocycles. The van der Waals surface area contributed by atoms with Crippen LogP contribution in [0, 0.1) is 0 Å². The molecule has 0 bridgehead atoms. The number of piperidine rings is 1. The van der Waals surface area contributed by atoms with Crippen LogP contribution in [0.15, 0.2) is 12.7 Å². The lowest BCUT2D eigenvalue weighted by Crippen LogP contribution is -2.63. The third-order valence-electron chi connectivity index (χ3n) is 4.73. The maximum Gasteiger partial charge on any atom is 0.0864 e. The van der Waals surface area contributed by atoms with Crippen LogP contribution in [-0.2, 0) is 4.84 Å². The van der Waals surface area contributed by atoms with E-state index in [0.717, 1.165) is 25.9 Å². The zero-order valence-corrected chi connectivity index (χ0v) is 15.9. The summed E-state index contributed by atoms with van der Waals surface area (Å²) in [5, 5.41) is 5.96. The van der Waals surface area contributed by atoms with Crippen LogP contribution in [0.3, 0.4) is 0 Å². The molecule has 0 aliphatic carbocycles. The number of nitrogens with two attached hydrogens (primary N) is 1. The summed E-state index contributed by atoms with van der Waals surface area (Å²) < 4.78 is 0. The Morgan fingerprint density at radius 3 is 2.22 bits per heavy atom. The van der Waals surface area contributed by atoms with Crippen molar-refractivity contribution in [3.63, 3.8) is 0 Å². The highest BCUT2D eigenvalue weighted by Gasteiger charge is 2.46. The Balaban J connectivity index is 2.38. The molecule has 1 rings (SSSR count). The zero-order valence-electron chi connectivity index (χ0n) is 15.9. The molecule has 0 aromatic heterocycles. The number of rotatable bonds is 11. The van der Waals surface area contributed by atoms with E-state index in [1.54, 1.807) is 0 Å². The summed E-state index contributed by atoms with van der Waals surface area (Å²) >= 11 is 0. The lowest BCUT2D eigenvalue weighted by molar-refractivity contribution is -0.277. The van der Waals surface area contributed by atoms with Gasteiger partial charge in [0.2, 0.25) is 0 Å². The Hall–Kier alpha value is -0.420. The molecule has 1 fully saturated rings. The Morgan fingerprint density at radius 1 is 1.09 bits per heavy atom. The van der Waals surface area contributed by atoms with Crippen molar-refractivity contribution in [2.45, 2.75) is 89.8 Å². The van der Waals surface area contributed by atoms with Gasteiger partial charge in [-0.05, 0) is 66.5 Å². The Bertz CT molecular complexity index is 324. The number of nitrogens with one attached hydrogen (secondary N) is 1. The molecule has 0 aromatic rings. The van der Waals surface area contributed by atoms with Gasteiger partial charge in [0.25, 0.3) is 0 Å². The summed E-state index contributed by atoms with van der Waals surface area (Å²) in [7, 11) is 0. The normalized spacial score (nSPS) is 21.4. The van der Waals surface area contributed by atoms with E-state index in [0.29, 0.717) is 12.6 Å². The molecule has 4 heteroatoms. The second kappa shape index (κ2) is 9.77. The minimum Gasteiger partial charge on any atom is -0.330 e. The summed E-state index contributed by atoms with van der Waals surface area (Å²) in [4.78, 5) is 5.97. The molecule has 1 aliphatic rings. The predicted octanol–water partition coefficient (Wildman–Crippen LogP) is 3.62. The van der Waals surface area contributed by atoms with Gasteiger partial charge < -0.3 is 11.1 Å². The van der Waals surface area contributed by atoms with Crippen molar-refractivity contribution in [2.75, 3.05) is 19.7 Å². The topological polar surface area (TPSA) is 50.5 Å². The molecule has 0 spiro atoms. The monoisotopic (exact) mass is 325 g/mol. The fraction of sp³-hybridized carbons (Fsp3) is 0.895. The number of unbranched alkanes of at least 4 members (excludes halogenated alkanes) is 4. The van der Waals surface area contributed by atoms with Crippen molar-refractivity contribution in [1.29, 1.82) is 0 Å². The van der Waals surface area contributed by atoms with Crippen LogP contribution in [0.1, 0.15) is 72.6 Å². The van der Waals surface area contributed by atoms with Crippen molar-refractivity contribution in [2.24, 2.45) is 5.73 Å². The van der Waals surface area contributed by atoms with Crippen LogP contribution in [0.2, 0.25) is 0 Å². The molecule has 3 N–H and O–H groups in total. The van der Waals surface area contributed by atoms with Crippen LogP contribution in [0.25, 0.3) is 0 Å². The molecule has 136 valence electrons. The number of hydrogen-bond donors (Lipinski definition) is 2. The molecule has 1 saturated heterocycles. The van der Waals surface area contributed by atoms with Gasteiger partial charge in [0.1, 0.15) is 0 Å². The maximum absolute atomic E-state index is 5.97. The van der Waals surface area contributed by atoms with Crippen LogP contribution in [0.4, 0.5) is 0 Å². The van der Waals surface area contributed by atoms with Gasteiger partial charge in [-0.2, -0.15) is 5.06 Å². The molecule has 0 unspecified atom stereocenters. The molecule has 0 radical (unpaired) electrons. The standard InChI is InChI=1S/C19H39N3O/c1-6-14-23-22-18(2,3)15-17(16-19(22,4)5)21-13-11-9-7-8-10-12-20/h6,17,21H,1,7-16,20H2,2-5H3. The van der Waals surface area contributed by atoms with Crippen molar-refractivity contribution < 1.29 is 4.84 Å². The number of hydroxylamine groups is 2. The van der Waals surface area contributed by atoms with E-state index in [1.807, 2.05) is 6.08 Å². The van der Waals surface area contributed by atoms with Gasteiger partial charge in [-0.15, -0.1) is 6.58 Å². The van der Waals surface area contributed by atoms with Crippen LogP contribution >= 0.6 is 0 Å². The second-order valence-corrected chi connectivity index (χ2v) is 8.12. The second-order valence-electron chi connectivity index (χ2n) is 8.12. The minimum atomic E-state index is 0.0313. The largest absolute Gasteiger partial charge is 0.330 e. The van der Waals surface area contributed by atoms with Gasteiger partial charge in [0.15, 0.2) is 0 Å². The first kappa shape index (κ1) is 20.6. The Morgan fingerprint density at radius 2 is 1.65 bits per heavy atom. The summed E-state index contributed by atoms with van der Waals surface area (Å²) in [6.07, 6.45) is 10.4. The van der Waals surface area contributed by atoms with E-state index in [1.165, 1.54) is 32.1 Å². The van der Waals surface area contributed by atoms with Gasteiger partial charge in [0.05, 0.1) is 6.61 Å². The van der Waals surface area contributed by atoms with Crippen molar-refractivity contribution in [1.82, 2.24) is 10.4 Å². The molecule has 23 heavy (non-hydrogen) atoms. The highest BCUT2D eigenvalue weighted by Crippen LogP contribution is 2.38. The summed E-state index contributed by atoms with van der Waals surface area (Å²) in [5.74, 6) is 0. The number of nitrogens with zero attached hydrogens (tertiary/aromatic N) is 1. The maximum atomic E-state index is 5.97. The molecule has 4 nitrogen and oxygen atoms in total. The summed E-state index contributed by atoms with van der Waals surface area (Å²) in [5.41, 5.74) is 5.59. The molecule has 0 amide bonds. The van der Waals surface area contributed by atoms with Gasteiger partial charge in [-0.1, -0.05) is 25.3 Å². The van der Waals surface area contributed by atoms with Gasteiger partial charge in [-0.25, -0.2) is 0 Å². The third kappa shape index (κ3) is 6.92. The molecule has 1 heterocycles. The molecule has 1 aliphatic heterocycles. The smallest absolute Gasteiger partial charge is 0.0864 e. The van der Waals surface area contributed by atoms with E-state index in [-0.39, 0.29) is 11.1 Å². The fourth-order valence-electron chi connectivity index (χ4n) is 3.99. The zero-order chi connectivity index (χ0) is 17.3. The van der Waals surface area contributed by atoms with Gasteiger partial charge >= 0.3 is 0 Å². The van der Waals surface area contributed by atoms with E-state index >= 15 is 0 Å². The SMILES string of the molecule is C=CCON1C(C)(C)CC(NCCCCCCCN)CC1(C)C. The van der Waals surface area contributed by atoms with Crippen molar-refractivity contribution in [3.8, 4) is 0 Å². The first-order valence-electron chi connectivity index (χ1n) is 9.31. The van der Waals surface area contributed by atoms with Crippen LogP contribution in [-0.4, -0.2) is 41.9 Å². The lowest BCUT2D eigenvalue weighted by atomic mass is 9.79. The van der Waals surface area contributed by atoms with Crippen LogP contribution < -0.4 is 11.1 Å². The predicted molar refractivity (Wildman–Crippen MR) is 99.3 cm³/mol. The first-order chi connectivity index (χ1) is 10.8. The molecule has 0 atom stereocenters. The molecular weight excluding hydrogens is 286 g/mol. The quantitative estimate of drug-likeness (QED) is 0.450. The summed E-state index contributed by atoms with van der Waals surface area (Å²) in [6.45, 7) is 15.4. The number of hydrogen-bond acceptors (Lipinski definition) is 4. The van der Waals surface area contributed by atoms with E-state index in [2.05, 4.69) is 44.7 Å². The average molecular weight is 326 g/mol. The summed E-state index contributed by atoms with van der Waals surface area (Å²) in [6, 6.07) is 0.563. The van der Waals surface area contributed by atoms with Crippen LogP contribution in [0.5, 0.6) is 0 Å². The van der Waals surface area contributed by atoms with E-state index < -0.39 is 0 Å². The third-order valence-corrected chi connectivity index (χ3v) is 4.73. The molecular formula is C19H39N3O. The van der Waals surface area contributed by atoms with E-state index in [4.69, 9.17) is 10.6 Å². The highest BCUT2D eigenvalue weighted by molar-refractivity contribution is 4.99. The van der Waals surface area contributed by atoms with Gasteiger partial charge in [0, 0.05) is 17.1 Å². The lowest BCUT2D eigenvalue weighted by Gasteiger charge is -2.54. The van der Waals surface area contributed by atoms with Crippen molar-refractivity contribution >= 4 is 0 Å².